The number of piperazine rings is 1. The number of oxazole rings is 1. The van der Waals surface area contributed by atoms with Crippen LogP contribution in [0.4, 0.5) is 4.39 Å². The van der Waals surface area contributed by atoms with Gasteiger partial charge in [0.05, 0.1) is 17.9 Å². The topological polar surface area (TPSA) is 84.1 Å². The van der Waals surface area contributed by atoms with Crippen molar-refractivity contribution in [2.45, 2.75) is 19.5 Å². The van der Waals surface area contributed by atoms with Crippen molar-refractivity contribution in [3.63, 3.8) is 0 Å². The average molecular weight is 546 g/mol. The number of thiazole rings is 1. The molecule has 0 saturated carbocycles. The lowest BCUT2D eigenvalue weighted by molar-refractivity contribution is -0.139. The molecule has 176 valence electrons. The van der Waals surface area contributed by atoms with Crippen molar-refractivity contribution in [1.29, 1.82) is 0 Å². The van der Waals surface area contributed by atoms with E-state index >= 15 is 0 Å². The monoisotopic (exact) mass is 545 g/mol. The minimum absolute atomic E-state index is 0.235. The Morgan fingerprint density at radius 3 is 2.94 bits per heavy atom. The number of amidine groups is 1. The quantitative estimate of drug-likeness (QED) is 0.430. The Kier molecular flexibility index (Phi) is 6.57. The summed E-state index contributed by atoms with van der Waals surface area (Å²) in [7, 11) is 0. The number of esters is 1. The molecule has 0 amide bonds. The third-order valence-corrected chi connectivity index (χ3v) is 7.13. The van der Waals surface area contributed by atoms with Gasteiger partial charge in [-0.05, 0) is 24.6 Å². The zero-order chi connectivity index (χ0) is 23.7. The van der Waals surface area contributed by atoms with Crippen LogP contribution in [0.25, 0.3) is 0 Å². The molecule has 0 aliphatic carbocycles. The standard InChI is InChI=1S/C23H21BrFN5O3S/c1-2-33-23(31)19-18-11-29(10-15-12-32-13-27-15)6-7-30(18)21(22-26-5-8-34-22)28-20(19)16-4-3-14(25)9-17(16)24/h3-5,8-9,12-13,20H,2,6-7,10-11H2,1H3/t20-/m0/s1. The minimum atomic E-state index is -0.675. The zero-order valence-corrected chi connectivity index (χ0v) is 20.7. The second-order valence-corrected chi connectivity index (χ2v) is 9.53. The summed E-state index contributed by atoms with van der Waals surface area (Å²) < 4.78 is 25.0. The Bertz CT molecular complexity index is 1250. The van der Waals surface area contributed by atoms with Gasteiger partial charge < -0.3 is 14.1 Å². The summed E-state index contributed by atoms with van der Waals surface area (Å²) >= 11 is 4.95. The normalized spacial score (nSPS) is 18.6. The zero-order valence-electron chi connectivity index (χ0n) is 18.3. The van der Waals surface area contributed by atoms with Gasteiger partial charge in [-0.2, -0.15) is 0 Å². The fourth-order valence-electron chi connectivity index (χ4n) is 4.20. The number of carbonyl (C=O) groups excluding carboxylic acids is 1. The molecule has 5 rings (SSSR count). The molecule has 1 aromatic carbocycles. The second kappa shape index (κ2) is 9.77. The second-order valence-electron chi connectivity index (χ2n) is 7.78. The van der Waals surface area contributed by atoms with E-state index in [4.69, 9.17) is 14.1 Å². The summed E-state index contributed by atoms with van der Waals surface area (Å²) in [5, 5.41) is 2.65. The van der Waals surface area contributed by atoms with Gasteiger partial charge in [0, 0.05) is 47.9 Å². The SMILES string of the molecule is CCOC(=O)C1=C2CN(Cc3cocn3)CCN2C(c2nccs2)=N[C@H]1c1ccc(F)cc1Br. The van der Waals surface area contributed by atoms with Crippen LogP contribution in [0, 0.1) is 5.82 Å². The van der Waals surface area contributed by atoms with Crippen LogP contribution in [-0.4, -0.2) is 57.8 Å². The maximum Gasteiger partial charge on any atom is 0.338 e. The summed E-state index contributed by atoms with van der Waals surface area (Å²) in [5.41, 5.74) is 2.74. The van der Waals surface area contributed by atoms with Gasteiger partial charge >= 0.3 is 5.97 Å². The Morgan fingerprint density at radius 1 is 1.35 bits per heavy atom. The van der Waals surface area contributed by atoms with Crippen LogP contribution in [0.1, 0.15) is 29.2 Å². The smallest absolute Gasteiger partial charge is 0.338 e. The van der Waals surface area contributed by atoms with Crippen LogP contribution in [0.5, 0.6) is 0 Å². The Balaban J connectivity index is 1.63. The summed E-state index contributed by atoms with van der Waals surface area (Å²) in [6.07, 6.45) is 4.76. The van der Waals surface area contributed by atoms with Gasteiger partial charge in [0.15, 0.2) is 17.2 Å². The van der Waals surface area contributed by atoms with Crippen molar-refractivity contribution in [3.05, 3.63) is 80.3 Å². The van der Waals surface area contributed by atoms with E-state index in [-0.39, 0.29) is 12.4 Å². The fourth-order valence-corrected chi connectivity index (χ4v) is 5.41. The summed E-state index contributed by atoms with van der Waals surface area (Å²) in [4.78, 5) is 31.3. The van der Waals surface area contributed by atoms with Gasteiger partial charge in [0.2, 0.25) is 0 Å². The molecule has 0 radical (unpaired) electrons. The number of ether oxygens (including phenoxy) is 1. The molecule has 11 heteroatoms. The van der Waals surface area contributed by atoms with Gasteiger partial charge in [-0.15, -0.1) is 11.3 Å². The largest absolute Gasteiger partial charge is 0.463 e. The van der Waals surface area contributed by atoms with Gasteiger partial charge in [0.25, 0.3) is 0 Å². The van der Waals surface area contributed by atoms with Crippen LogP contribution in [0.3, 0.4) is 0 Å². The lowest BCUT2D eigenvalue weighted by Gasteiger charge is -2.42. The maximum atomic E-state index is 13.9. The molecular formula is C23H21BrFN5O3S. The highest BCUT2D eigenvalue weighted by Crippen LogP contribution is 2.40. The first-order valence-electron chi connectivity index (χ1n) is 10.7. The van der Waals surface area contributed by atoms with Gasteiger partial charge in [-0.1, -0.05) is 22.0 Å². The average Bonchev–Trinajstić information content (AvgIpc) is 3.53. The van der Waals surface area contributed by atoms with Crippen molar-refractivity contribution in [2.24, 2.45) is 4.99 Å². The third-order valence-electron chi connectivity index (χ3n) is 5.68. The first kappa shape index (κ1) is 22.9. The van der Waals surface area contributed by atoms with E-state index in [1.54, 1.807) is 25.5 Å². The van der Waals surface area contributed by atoms with Crippen molar-refractivity contribution < 1.29 is 18.3 Å². The van der Waals surface area contributed by atoms with Crippen molar-refractivity contribution in [2.75, 3.05) is 26.2 Å². The summed E-state index contributed by atoms with van der Waals surface area (Å²) in [5.74, 6) is -0.117. The number of carbonyl (C=O) groups is 1. The summed E-state index contributed by atoms with van der Waals surface area (Å²) in [6, 6.07) is 3.73. The first-order valence-corrected chi connectivity index (χ1v) is 12.4. The lowest BCUT2D eigenvalue weighted by Crippen LogP contribution is -2.50. The highest BCUT2D eigenvalue weighted by atomic mass is 79.9. The molecule has 2 aliphatic rings. The van der Waals surface area contributed by atoms with Crippen molar-refractivity contribution in [1.82, 2.24) is 19.8 Å². The number of hydrogen-bond acceptors (Lipinski definition) is 9. The molecular weight excluding hydrogens is 525 g/mol. The number of halogens is 2. The number of nitrogens with zero attached hydrogens (tertiary/aromatic N) is 5. The highest BCUT2D eigenvalue weighted by molar-refractivity contribution is 9.10. The Morgan fingerprint density at radius 2 is 2.24 bits per heavy atom. The van der Waals surface area contributed by atoms with Crippen LogP contribution in [0.2, 0.25) is 0 Å². The minimum Gasteiger partial charge on any atom is -0.463 e. The number of benzene rings is 1. The molecule has 0 unspecified atom stereocenters. The molecule has 2 aliphatic heterocycles. The number of aromatic nitrogens is 2. The van der Waals surface area contributed by atoms with Gasteiger partial charge in [0.1, 0.15) is 18.1 Å². The first-order chi connectivity index (χ1) is 16.5. The molecule has 3 aromatic rings. The molecule has 0 spiro atoms. The number of hydrogen-bond donors (Lipinski definition) is 0. The molecule has 1 saturated heterocycles. The van der Waals surface area contributed by atoms with Crippen LogP contribution in [-0.2, 0) is 16.1 Å². The Hall–Kier alpha value is -2.89. The number of fused-ring (bicyclic) bond motifs is 1. The van der Waals surface area contributed by atoms with E-state index in [1.807, 2.05) is 5.38 Å². The van der Waals surface area contributed by atoms with Gasteiger partial charge in [-0.25, -0.2) is 19.2 Å². The van der Waals surface area contributed by atoms with Gasteiger partial charge in [-0.3, -0.25) is 9.89 Å². The van der Waals surface area contributed by atoms with E-state index in [9.17, 15) is 9.18 Å². The molecule has 1 fully saturated rings. The number of aliphatic imine (C=N–C) groups is 1. The molecule has 0 bridgehead atoms. The maximum absolute atomic E-state index is 13.9. The highest BCUT2D eigenvalue weighted by Gasteiger charge is 2.40. The predicted molar refractivity (Wildman–Crippen MR) is 128 cm³/mol. The molecule has 34 heavy (non-hydrogen) atoms. The van der Waals surface area contributed by atoms with Crippen LogP contribution in [0.15, 0.2) is 67.6 Å². The van der Waals surface area contributed by atoms with Crippen molar-refractivity contribution in [3.8, 4) is 0 Å². The number of rotatable bonds is 6. The predicted octanol–water partition coefficient (Wildman–Crippen LogP) is 4.17. The van der Waals surface area contributed by atoms with E-state index in [0.717, 1.165) is 22.9 Å². The molecule has 2 aromatic heterocycles. The van der Waals surface area contributed by atoms with Crippen LogP contribution >= 0.6 is 27.3 Å². The molecule has 0 N–H and O–H groups in total. The Labute approximate surface area is 207 Å². The molecule has 4 heterocycles. The lowest BCUT2D eigenvalue weighted by atomic mass is 9.93. The van der Waals surface area contributed by atoms with E-state index in [1.165, 1.54) is 29.9 Å². The van der Waals surface area contributed by atoms with E-state index < -0.39 is 12.0 Å². The third kappa shape index (κ3) is 4.42. The van der Waals surface area contributed by atoms with Crippen LogP contribution < -0.4 is 0 Å². The van der Waals surface area contributed by atoms with E-state index in [0.29, 0.717) is 41.1 Å². The molecule has 1 atom stereocenters. The van der Waals surface area contributed by atoms with Crippen molar-refractivity contribution >= 4 is 39.1 Å². The molecule has 8 nitrogen and oxygen atoms in total. The fraction of sp³-hybridized carbons (Fsp3) is 0.304. The van der Waals surface area contributed by atoms with E-state index in [2.05, 4.69) is 35.7 Å². The summed E-state index contributed by atoms with van der Waals surface area (Å²) in [6.45, 7) is 4.43.